The van der Waals surface area contributed by atoms with Gasteiger partial charge in [-0.25, -0.2) is 0 Å². The predicted molar refractivity (Wildman–Crippen MR) is 14.2 cm³/mol. The molecule has 0 bridgehead atoms. The first-order valence-electron chi connectivity index (χ1n) is 0.478. The van der Waals surface area contributed by atoms with Gasteiger partial charge < -0.3 is 27.2 Å². The minimum Gasteiger partial charge on any atom is -1.00 e. The van der Waals surface area contributed by atoms with Crippen molar-refractivity contribution in [3.63, 3.8) is 0 Å². The molecule has 7 N–H and O–H groups in total. The van der Waals surface area contributed by atoms with Gasteiger partial charge in [0, 0.05) is 4.66 Å². The maximum atomic E-state index is 8.52. The number of hydrogen-bond donors (Lipinski definition) is 1. The molecule has 0 fully saturated rings. The summed E-state index contributed by atoms with van der Waals surface area (Å²) in [6.45, 7) is 0. The number of rotatable bonds is 0. The first-order chi connectivity index (χ1) is 1.73. The van der Waals surface area contributed by atoms with Crippen LogP contribution >= 0.6 is 0 Å². The molecule has 8 heteroatoms. The van der Waals surface area contributed by atoms with E-state index in [0.29, 0.717) is 0 Å². The molecule has 0 atom stereocenters. The van der Waals surface area contributed by atoms with Gasteiger partial charge in [0.15, 0.2) is 0 Å². The summed E-state index contributed by atoms with van der Waals surface area (Å²) in [6, 6.07) is 0. The standard InChI is InChI=1S/ClHO3.Li.3H2O.H/c2-1(3)4;;;;;/h2H;;3*1H2;/q;+1;;;;-1. The quantitative estimate of drug-likeness (QED) is 0.336. The fourth-order valence-corrected chi connectivity index (χ4v) is 0. The molecule has 8 heavy (non-hydrogen) atoms. The molecule has 0 aromatic carbocycles. The Kier molecular flexibility index (Phi) is 121. The van der Waals surface area contributed by atoms with E-state index < -0.39 is 10.8 Å². The molecule has 0 aliphatic heterocycles. The summed E-state index contributed by atoms with van der Waals surface area (Å²) in [6.07, 6.45) is 0. The summed E-state index contributed by atoms with van der Waals surface area (Å²) in [4.78, 5) is 0. The molecule has 0 aliphatic carbocycles. The van der Waals surface area contributed by atoms with Crippen molar-refractivity contribution in [2.24, 2.45) is 0 Å². The third-order valence-electron chi connectivity index (χ3n) is 0. The maximum absolute atomic E-state index is 8.52. The van der Waals surface area contributed by atoms with Crippen molar-refractivity contribution in [2.45, 2.75) is 0 Å². The van der Waals surface area contributed by atoms with Crippen LogP contribution in [0.25, 0.3) is 0 Å². The van der Waals surface area contributed by atoms with E-state index in [-0.39, 0.29) is 36.7 Å². The molecule has 0 saturated carbocycles. The Balaban J connectivity index is -0.00000000450. The van der Waals surface area contributed by atoms with Crippen molar-refractivity contribution in [3.05, 3.63) is 0 Å². The van der Waals surface area contributed by atoms with E-state index >= 15 is 0 Å². The molecule has 0 unspecified atom stereocenters. The Labute approximate surface area is 62.1 Å². The molecule has 0 aliphatic rings. The third-order valence-corrected chi connectivity index (χ3v) is 0. The summed E-state index contributed by atoms with van der Waals surface area (Å²) in [5.41, 5.74) is 0. The normalized spacial score (nSPS) is 4.50. The largest absolute Gasteiger partial charge is 1.00 e. The summed E-state index contributed by atoms with van der Waals surface area (Å²) < 4.78 is 24.0. The number of halogens is 1. The van der Waals surface area contributed by atoms with E-state index in [2.05, 4.69) is 0 Å². The Morgan fingerprint density at radius 1 is 1.12 bits per heavy atom. The molecule has 0 aromatic rings. The van der Waals surface area contributed by atoms with Gasteiger partial charge in [0.2, 0.25) is 0 Å². The Hall–Kier alpha value is 0.647. The molecular weight excluding hydrogens is 138 g/mol. The van der Waals surface area contributed by atoms with E-state index in [0.717, 1.165) is 0 Å². The average Bonchev–Trinajstić information content (AvgIpc) is 0.811. The van der Waals surface area contributed by atoms with Gasteiger partial charge in [-0.1, -0.05) is 0 Å². The van der Waals surface area contributed by atoms with Crippen LogP contribution in [-0.2, 0) is 0 Å². The minimum absolute atomic E-state index is 0. The molecule has 0 radical (unpaired) electrons. The first-order valence-corrected chi connectivity index (χ1v) is 1.43. The minimum atomic E-state index is -2.60. The molecule has 0 spiro atoms. The van der Waals surface area contributed by atoms with Crippen molar-refractivity contribution in [3.8, 4) is 0 Å². The van der Waals surface area contributed by atoms with Crippen molar-refractivity contribution in [2.75, 3.05) is 0 Å². The zero-order chi connectivity index (χ0) is 3.58. The van der Waals surface area contributed by atoms with Gasteiger partial charge in [-0.05, 0) is 0 Å². The fourth-order valence-electron chi connectivity index (χ4n) is 0. The number of hydrogen-bond acceptors (Lipinski definition) is 3. The second-order valence-electron chi connectivity index (χ2n) is 0.201. The summed E-state index contributed by atoms with van der Waals surface area (Å²) >= 11 is 0. The van der Waals surface area contributed by atoms with Crippen LogP contribution < -0.4 is 28.2 Å². The summed E-state index contributed by atoms with van der Waals surface area (Å²) in [5, 5.41) is 0. The van der Waals surface area contributed by atoms with Gasteiger partial charge in [0.25, 0.3) is 10.8 Å². The molecule has 0 saturated heterocycles. The molecule has 52 valence electrons. The van der Waals surface area contributed by atoms with Gasteiger partial charge >= 0.3 is 18.9 Å². The Bertz CT molecular complexity index is 17.8. The van der Waals surface area contributed by atoms with Gasteiger partial charge in [-0.2, -0.15) is 0 Å². The van der Waals surface area contributed by atoms with Crippen LogP contribution in [0.2, 0.25) is 0 Å². The topological polar surface area (TPSA) is 161 Å². The smallest absolute Gasteiger partial charge is 1.00 e. The molecule has 0 aromatic heterocycles. The van der Waals surface area contributed by atoms with Gasteiger partial charge in [0.1, 0.15) is 0 Å². The second-order valence-corrected chi connectivity index (χ2v) is 0.603. The van der Waals surface area contributed by atoms with E-state index in [4.69, 9.17) is 14.0 Å². The molecular formula is H8ClLiO6. The van der Waals surface area contributed by atoms with Crippen LogP contribution in [-0.4, -0.2) is 21.1 Å². The zero-order valence-electron chi connectivity index (χ0n) is 5.14. The molecule has 0 heterocycles. The van der Waals surface area contributed by atoms with Crippen molar-refractivity contribution in [1.82, 2.24) is 0 Å². The van der Waals surface area contributed by atoms with Crippen LogP contribution in [0.4, 0.5) is 0 Å². The Morgan fingerprint density at radius 3 is 1.12 bits per heavy atom. The zero-order valence-corrected chi connectivity index (χ0v) is 4.90. The summed E-state index contributed by atoms with van der Waals surface area (Å²) in [5.74, 6) is 0. The van der Waals surface area contributed by atoms with Gasteiger partial charge in [-0.15, -0.1) is 0 Å². The van der Waals surface area contributed by atoms with E-state index in [1.807, 2.05) is 0 Å². The monoisotopic (exact) mass is 146 g/mol. The SMILES string of the molecule is O.O.O.[H-].[Li+].[O-][Cl+2]([O-])O. The Morgan fingerprint density at radius 2 is 1.12 bits per heavy atom. The second kappa shape index (κ2) is 25.4. The fraction of sp³-hybridized carbons (Fsp3) is 0. The molecule has 6 nitrogen and oxygen atoms in total. The van der Waals surface area contributed by atoms with E-state index in [1.165, 1.54) is 0 Å². The molecule has 0 amide bonds. The van der Waals surface area contributed by atoms with Gasteiger partial charge in [-0.3, -0.25) is 0 Å². The third kappa shape index (κ3) is 506. The average molecular weight is 146 g/mol. The van der Waals surface area contributed by atoms with Crippen molar-refractivity contribution in [1.29, 1.82) is 0 Å². The van der Waals surface area contributed by atoms with E-state index in [9.17, 15) is 0 Å². The summed E-state index contributed by atoms with van der Waals surface area (Å²) in [7, 11) is -2.60. The van der Waals surface area contributed by atoms with Crippen molar-refractivity contribution < 1.29 is 61.5 Å². The van der Waals surface area contributed by atoms with E-state index in [1.54, 1.807) is 0 Å². The van der Waals surface area contributed by atoms with Crippen LogP contribution in [0, 0.1) is 10.8 Å². The van der Waals surface area contributed by atoms with Crippen LogP contribution in [0.1, 0.15) is 1.43 Å². The van der Waals surface area contributed by atoms with Crippen molar-refractivity contribution >= 4 is 0 Å². The maximum Gasteiger partial charge on any atom is 1.00 e. The first kappa shape index (κ1) is 38.0. The molecule has 0 rings (SSSR count). The van der Waals surface area contributed by atoms with Crippen LogP contribution in [0.15, 0.2) is 0 Å². The van der Waals surface area contributed by atoms with Gasteiger partial charge in [0.05, 0.1) is 0 Å². The van der Waals surface area contributed by atoms with Crippen LogP contribution in [0.3, 0.4) is 0 Å². The van der Waals surface area contributed by atoms with Crippen LogP contribution in [0.5, 0.6) is 0 Å². The predicted octanol–water partition coefficient (Wildman–Crippen LogP) is -8.29.